The lowest BCUT2D eigenvalue weighted by Crippen LogP contribution is -2.43. The van der Waals surface area contributed by atoms with Crippen LogP contribution in [0.1, 0.15) is 71.4 Å². The molecule has 1 aliphatic rings. The Bertz CT molecular complexity index is 1120. The van der Waals surface area contributed by atoms with E-state index < -0.39 is 5.97 Å². The average molecular weight is 503 g/mol. The van der Waals surface area contributed by atoms with Crippen LogP contribution in [0.25, 0.3) is 0 Å². The first-order valence-electron chi connectivity index (χ1n) is 11.3. The minimum atomic E-state index is -1.08. The number of hydrogen-bond acceptors (Lipinski definition) is 5. The molecule has 1 aromatic heterocycles. The number of ether oxygens (including phenoxy) is 1. The highest BCUT2D eigenvalue weighted by Gasteiger charge is 2.34. The van der Waals surface area contributed by atoms with Crippen LogP contribution >= 0.6 is 22.9 Å². The smallest absolute Gasteiger partial charge is 0.348 e. The van der Waals surface area contributed by atoms with Gasteiger partial charge in [-0.25, -0.2) is 4.79 Å². The quantitative estimate of drug-likeness (QED) is 0.377. The third-order valence-electron chi connectivity index (χ3n) is 5.77. The Morgan fingerprint density at radius 1 is 1.24 bits per heavy atom. The van der Waals surface area contributed by atoms with Crippen LogP contribution in [-0.2, 0) is 4.74 Å². The van der Waals surface area contributed by atoms with Gasteiger partial charge in [0.2, 0.25) is 0 Å². The fourth-order valence-corrected chi connectivity index (χ4v) is 5.18. The summed E-state index contributed by atoms with van der Waals surface area (Å²) in [6, 6.07) is 6.31. The van der Waals surface area contributed by atoms with Gasteiger partial charge in [0.05, 0.1) is 16.1 Å². The van der Waals surface area contributed by atoms with Crippen molar-refractivity contribution in [2.24, 2.45) is 11.3 Å². The van der Waals surface area contributed by atoms with Gasteiger partial charge < -0.3 is 20.5 Å². The summed E-state index contributed by atoms with van der Waals surface area (Å²) < 4.78 is 5.31. The number of benzene rings is 1. The molecule has 1 aliphatic carbocycles. The molecule has 0 spiro atoms. The van der Waals surface area contributed by atoms with E-state index in [1.54, 1.807) is 30.2 Å². The number of thiophene rings is 1. The zero-order valence-electron chi connectivity index (χ0n) is 20.0. The molecule has 3 N–H and O–H groups in total. The van der Waals surface area contributed by atoms with Crippen LogP contribution < -0.4 is 10.6 Å². The van der Waals surface area contributed by atoms with E-state index in [2.05, 4.69) is 11.8 Å². The van der Waals surface area contributed by atoms with E-state index >= 15 is 0 Å². The number of carbonyl (C=O) groups is 2. The van der Waals surface area contributed by atoms with Crippen molar-refractivity contribution in [2.45, 2.75) is 52.5 Å². The van der Waals surface area contributed by atoms with Crippen molar-refractivity contribution < 1.29 is 19.4 Å². The predicted molar refractivity (Wildman–Crippen MR) is 138 cm³/mol. The fraction of sp³-hybridized carbons (Fsp3) is 0.462. The van der Waals surface area contributed by atoms with E-state index in [9.17, 15) is 14.7 Å². The molecule has 1 amide bonds. The molecule has 0 saturated heterocycles. The molecular formula is C26H31ClN2O4S. The highest BCUT2D eigenvalue weighted by molar-refractivity contribution is 7.15. The van der Waals surface area contributed by atoms with Crippen molar-refractivity contribution in [1.82, 2.24) is 0 Å². The molecule has 1 saturated carbocycles. The van der Waals surface area contributed by atoms with Crippen LogP contribution in [0.3, 0.4) is 0 Å². The molecule has 3 rings (SSSR count). The maximum Gasteiger partial charge on any atom is 0.348 e. The summed E-state index contributed by atoms with van der Waals surface area (Å²) in [5.74, 6) is 5.24. The van der Waals surface area contributed by atoms with Crippen LogP contribution in [0.4, 0.5) is 11.4 Å². The van der Waals surface area contributed by atoms with Crippen molar-refractivity contribution in [1.29, 1.82) is 0 Å². The summed E-state index contributed by atoms with van der Waals surface area (Å²) in [7, 11) is 1.69. The Labute approximate surface area is 210 Å². The first kappa shape index (κ1) is 26.1. The van der Waals surface area contributed by atoms with Gasteiger partial charge >= 0.3 is 5.97 Å². The minimum Gasteiger partial charge on any atom is -0.477 e. The lowest BCUT2D eigenvalue weighted by molar-refractivity contribution is 0.0702. The molecule has 6 nitrogen and oxygen atoms in total. The Balaban J connectivity index is 2.08. The highest BCUT2D eigenvalue weighted by Crippen LogP contribution is 2.38. The zero-order chi connectivity index (χ0) is 25.0. The van der Waals surface area contributed by atoms with E-state index in [1.807, 2.05) is 20.8 Å². The number of nitrogens with two attached hydrogens (primary N) is 1. The van der Waals surface area contributed by atoms with Crippen molar-refractivity contribution in [3.05, 3.63) is 44.6 Å². The number of methoxy groups -OCH3 is 1. The number of nitrogens with zero attached hydrogens (tertiary/aromatic N) is 1. The van der Waals surface area contributed by atoms with Gasteiger partial charge in [-0.3, -0.25) is 4.79 Å². The van der Waals surface area contributed by atoms with Gasteiger partial charge in [0.15, 0.2) is 0 Å². The van der Waals surface area contributed by atoms with Gasteiger partial charge in [0.25, 0.3) is 5.91 Å². The molecule has 8 heteroatoms. The van der Waals surface area contributed by atoms with Gasteiger partial charge in [-0.2, -0.15) is 0 Å². The van der Waals surface area contributed by atoms with Crippen LogP contribution in [0.2, 0.25) is 5.02 Å². The number of anilines is 2. The second-order valence-electron chi connectivity index (χ2n) is 9.67. The largest absolute Gasteiger partial charge is 0.477 e. The summed E-state index contributed by atoms with van der Waals surface area (Å²) in [6.45, 7) is 6.65. The molecule has 0 unspecified atom stereocenters. The topological polar surface area (TPSA) is 92.9 Å². The summed E-state index contributed by atoms with van der Waals surface area (Å²) in [4.78, 5) is 28.4. The van der Waals surface area contributed by atoms with E-state index in [4.69, 9.17) is 22.1 Å². The Kier molecular flexibility index (Phi) is 8.29. The summed E-state index contributed by atoms with van der Waals surface area (Å²) in [5, 5.41) is 10.4. The first-order chi connectivity index (χ1) is 16.0. The molecule has 182 valence electrons. The van der Waals surface area contributed by atoms with Gasteiger partial charge in [0, 0.05) is 35.9 Å². The average Bonchev–Trinajstić information content (AvgIpc) is 3.17. The number of aromatic carboxylic acids is 1. The second-order valence-corrected chi connectivity index (χ2v) is 11.2. The van der Waals surface area contributed by atoms with Gasteiger partial charge in [-0.15, -0.1) is 11.3 Å². The Morgan fingerprint density at radius 3 is 2.47 bits per heavy atom. The molecule has 0 radical (unpaired) electrons. The SMILES string of the molecule is COCC1CCC(N(C(=O)c2ccc(Cl)cc2N)c2cc(C#CC(C)(C)C)sc2C(=O)O)CC1. The number of nitrogen functional groups attached to an aromatic ring is 1. The highest BCUT2D eigenvalue weighted by atomic mass is 35.5. The number of amides is 1. The summed E-state index contributed by atoms with van der Waals surface area (Å²) >= 11 is 7.14. The Morgan fingerprint density at radius 2 is 1.91 bits per heavy atom. The first-order valence-corrected chi connectivity index (χ1v) is 12.5. The number of carboxylic acid groups (broad SMARTS) is 1. The van der Waals surface area contributed by atoms with E-state index in [1.165, 1.54) is 6.07 Å². The summed E-state index contributed by atoms with van der Waals surface area (Å²) in [5.41, 5.74) is 6.83. The normalized spacial score (nSPS) is 18.1. The molecule has 2 aromatic rings. The number of halogens is 1. The third-order valence-corrected chi connectivity index (χ3v) is 7.04. The number of rotatable bonds is 6. The molecule has 1 aromatic carbocycles. The van der Waals surface area contributed by atoms with Crippen LogP contribution in [0.5, 0.6) is 0 Å². The van der Waals surface area contributed by atoms with Crippen molar-refractivity contribution in [2.75, 3.05) is 24.4 Å². The zero-order valence-corrected chi connectivity index (χ0v) is 21.6. The monoisotopic (exact) mass is 502 g/mol. The van der Waals surface area contributed by atoms with E-state index in [-0.39, 0.29) is 27.9 Å². The standard InChI is InChI=1S/C26H31ClN2O4S/c1-26(2,3)12-11-19-14-22(23(34-19)25(31)32)29(18-8-5-16(6-9-18)15-33-4)24(30)20-10-7-17(27)13-21(20)28/h7,10,13-14,16,18H,5-6,8-9,15,28H2,1-4H3,(H,31,32). The lowest BCUT2D eigenvalue weighted by atomic mass is 9.85. The molecule has 34 heavy (non-hydrogen) atoms. The maximum absolute atomic E-state index is 13.8. The molecular weight excluding hydrogens is 472 g/mol. The van der Waals surface area contributed by atoms with E-state index in [0.717, 1.165) is 37.0 Å². The lowest BCUT2D eigenvalue weighted by Gasteiger charge is -2.37. The summed E-state index contributed by atoms with van der Waals surface area (Å²) in [6.07, 6.45) is 3.26. The van der Waals surface area contributed by atoms with E-state index in [0.29, 0.717) is 33.7 Å². The maximum atomic E-state index is 13.8. The van der Waals surface area contributed by atoms with Crippen molar-refractivity contribution in [3.8, 4) is 11.8 Å². The van der Waals surface area contributed by atoms with Gasteiger partial charge in [0.1, 0.15) is 4.88 Å². The predicted octanol–water partition coefficient (Wildman–Crippen LogP) is 5.93. The van der Waals surface area contributed by atoms with Crippen LogP contribution in [0.15, 0.2) is 24.3 Å². The van der Waals surface area contributed by atoms with Gasteiger partial charge in [-0.05, 0) is 76.6 Å². The minimum absolute atomic E-state index is 0.0955. The number of carbonyl (C=O) groups excluding carboxylic acids is 1. The molecule has 0 bridgehead atoms. The van der Waals surface area contributed by atoms with Crippen LogP contribution in [-0.4, -0.2) is 36.7 Å². The molecule has 1 heterocycles. The molecule has 0 aliphatic heterocycles. The molecule has 1 fully saturated rings. The van der Waals surface area contributed by atoms with Gasteiger partial charge in [-0.1, -0.05) is 23.4 Å². The van der Waals surface area contributed by atoms with Crippen molar-refractivity contribution >= 4 is 46.2 Å². The Hall–Kier alpha value is -2.53. The second kappa shape index (κ2) is 10.8. The fourth-order valence-electron chi connectivity index (χ4n) is 4.16. The molecule has 0 atom stereocenters. The van der Waals surface area contributed by atoms with Crippen LogP contribution in [0, 0.1) is 23.2 Å². The third kappa shape index (κ3) is 6.32. The number of carboxylic acids is 1. The number of hydrogen-bond donors (Lipinski definition) is 2. The van der Waals surface area contributed by atoms with Crippen molar-refractivity contribution in [3.63, 3.8) is 0 Å².